The summed E-state index contributed by atoms with van der Waals surface area (Å²) < 4.78 is 0. The van der Waals surface area contributed by atoms with E-state index in [1.807, 2.05) is 25.1 Å². The van der Waals surface area contributed by atoms with Gasteiger partial charge in [0.15, 0.2) is 0 Å². The van der Waals surface area contributed by atoms with E-state index < -0.39 is 0 Å². The van der Waals surface area contributed by atoms with Gasteiger partial charge in [0.2, 0.25) is 0 Å². The number of benzene rings is 2. The zero-order chi connectivity index (χ0) is 13.7. The van der Waals surface area contributed by atoms with Gasteiger partial charge in [-0.2, -0.15) is 0 Å². The lowest BCUT2D eigenvalue weighted by atomic mass is 10.1. The smallest absolute Gasteiger partial charge is 0.0453 e. The first kappa shape index (κ1) is 14.4. The lowest BCUT2D eigenvalue weighted by molar-refractivity contribution is 0.687. The van der Waals surface area contributed by atoms with Crippen LogP contribution in [0.2, 0.25) is 10.0 Å². The normalized spacial score (nSPS) is 10.7. The van der Waals surface area contributed by atoms with Gasteiger partial charge in [-0.25, -0.2) is 0 Å². The monoisotopic (exact) mass is 293 g/mol. The van der Waals surface area contributed by atoms with Crippen molar-refractivity contribution >= 4 is 23.2 Å². The molecular weight excluding hydrogens is 277 g/mol. The molecule has 2 aromatic rings. The average Bonchev–Trinajstić information content (AvgIpc) is 2.39. The van der Waals surface area contributed by atoms with Gasteiger partial charge >= 0.3 is 0 Å². The largest absolute Gasteiger partial charge is 0.312 e. The first-order valence-electron chi connectivity index (χ1n) is 6.35. The first-order chi connectivity index (χ1) is 9.15. The van der Waals surface area contributed by atoms with E-state index in [0.717, 1.165) is 35.1 Å². The third-order valence-corrected chi connectivity index (χ3v) is 3.63. The molecule has 0 saturated heterocycles. The van der Waals surface area contributed by atoms with E-state index in [1.165, 1.54) is 11.1 Å². The highest BCUT2D eigenvalue weighted by Gasteiger charge is 2.00. The molecule has 0 saturated carbocycles. The van der Waals surface area contributed by atoms with Crippen LogP contribution in [0.15, 0.2) is 42.5 Å². The van der Waals surface area contributed by atoms with Crippen molar-refractivity contribution in [3.8, 4) is 0 Å². The van der Waals surface area contributed by atoms with Gasteiger partial charge in [0.1, 0.15) is 0 Å². The molecule has 2 rings (SSSR count). The zero-order valence-corrected chi connectivity index (χ0v) is 12.4. The molecule has 0 aliphatic rings. The highest BCUT2D eigenvalue weighted by Crippen LogP contribution is 2.17. The molecule has 0 aliphatic heterocycles. The van der Waals surface area contributed by atoms with Crippen molar-refractivity contribution in [2.45, 2.75) is 19.9 Å². The summed E-state index contributed by atoms with van der Waals surface area (Å²) >= 11 is 12.0. The predicted octanol–water partition coefficient (Wildman–Crippen LogP) is 4.63. The van der Waals surface area contributed by atoms with Crippen molar-refractivity contribution in [1.82, 2.24) is 5.32 Å². The van der Waals surface area contributed by atoms with Gasteiger partial charge < -0.3 is 5.32 Å². The van der Waals surface area contributed by atoms with E-state index >= 15 is 0 Å². The molecule has 1 N–H and O–H groups in total. The van der Waals surface area contributed by atoms with Crippen molar-refractivity contribution < 1.29 is 0 Å². The summed E-state index contributed by atoms with van der Waals surface area (Å²) in [5, 5.41) is 5.02. The van der Waals surface area contributed by atoms with Crippen LogP contribution in [0, 0.1) is 6.92 Å². The topological polar surface area (TPSA) is 12.0 Å². The predicted molar refractivity (Wildman–Crippen MR) is 83.1 cm³/mol. The second-order valence-electron chi connectivity index (χ2n) is 4.65. The van der Waals surface area contributed by atoms with E-state index in [4.69, 9.17) is 23.2 Å². The maximum Gasteiger partial charge on any atom is 0.0453 e. The van der Waals surface area contributed by atoms with Gasteiger partial charge in [-0.15, -0.1) is 0 Å². The quantitative estimate of drug-likeness (QED) is 0.792. The summed E-state index contributed by atoms with van der Waals surface area (Å²) in [5.41, 5.74) is 3.62. The summed E-state index contributed by atoms with van der Waals surface area (Å²) in [4.78, 5) is 0. The Bertz CT molecular complexity index is 535. The Morgan fingerprint density at radius 1 is 1.00 bits per heavy atom. The average molecular weight is 294 g/mol. The van der Waals surface area contributed by atoms with Gasteiger partial charge in [-0.3, -0.25) is 0 Å². The summed E-state index contributed by atoms with van der Waals surface area (Å²) in [6, 6.07) is 14.1. The van der Waals surface area contributed by atoms with Gasteiger partial charge in [-0.05, 0) is 54.8 Å². The van der Waals surface area contributed by atoms with Gasteiger partial charge in [0, 0.05) is 16.6 Å². The fourth-order valence-corrected chi connectivity index (χ4v) is 2.33. The Balaban J connectivity index is 1.79. The number of rotatable bonds is 5. The van der Waals surface area contributed by atoms with Crippen LogP contribution in [-0.4, -0.2) is 6.54 Å². The summed E-state index contributed by atoms with van der Waals surface area (Å²) in [6.45, 7) is 3.77. The third kappa shape index (κ3) is 4.54. The van der Waals surface area contributed by atoms with E-state index in [-0.39, 0.29) is 0 Å². The zero-order valence-electron chi connectivity index (χ0n) is 10.9. The highest BCUT2D eigenvalue weighted by atomic mass is 35.5. The summed E-state index contributed by atoms with van der Waals surface area (Å²) in [7, 11) is 0. The van der Waals surface area contributed by atoms with Crippen molar-refractivity contribution in [1.29, 1.82) is 0 Å². The maximum atomic E-state index is 6.19. The molecular formula is C16H17Cl2N. The maximum absolute atomic E-state index is 6.19. The fraction of sp³-hybridized carbons (Fsp3) is 0.250. The molecule has 0 radical (unpaired) electrons. The molecule has 100 valence electrons. The number of aryl methyl sites for hydroxylation is 1. The second-order valence-corrected chi connectivity index (χ2v) is 5.49. The summed E-state index contributed by atoms with van der Waals surface area (Å²) in [5.74, 6) is 0. The number of halogens is 2. The Kier molecular flexibility index (Phi) is 5.26. The van der Waals surface area contributed by atoms with Gasteiger partial charge in [0.25, 0.3) is 0 Å². The third-order valence-electron chi connectivity index (χ3n) is 3.03. The van der Waals surface area contributed by atoms with Crippen molar-refractivity contribution in [3.63, 3.8) is 0 Å². The van der Waals surface area contributed by atoms with Crippen LogP contribution >= 0.6 is 23.2 Å². The Morgan fingerprint density at radius 3 is 2.42 bits per heavy atom. The lowest BCUT2D eigenvalue weighted by Gasteiger charge is -2.07. The highest BCUT2D eigenvalue weighted by molar-refractivity contribution is 6.31. The van der Waals surface area contributed by atoms with Crippen molar-refractivity contribution in [3.05, 3.63) is 69.2 Å². The van der Waals surface area contributed by atoms with Crippen LogP contribution in [0.4, 0.5) is 0 Å². The van der Waals surface area contributed by atoms with Gasteiger partial charge in [0.05, 0.1) is 0 Å². The van der Waals surface area contributed by atoms with Crippen molar-refractivity contribution in [2.24, 2.45) is 0 Å². The molecule has 0 bridgehead atoms. The Labute approximate surface area is 124 Å². The molecule has 0 spiro atoms. The van der Waals surface area contributed by atoms with Crippen LogP contribution in [0.5, 0.6) is 0 Å². The Morgan fingerprint density at radius 2 is 1.74 bits per heavy atom. The van der Waals surface area contributed by atoms with Crippen molar-refractivity contribution in [2.75, 3.05) is 6.54 Å². The van der Waals surface area contributed by atoms with Gasteiger partial charge in [-0.1, -0.05) is 47.5 Å². The molecule has 19 heavy (non-hydrogen) atoms. The lowest BCUT2D eigenvalue weighted by Crippen LogP contribution is -2.16. The number of hydrogen-bond donors (Lipinski definition) is 1. The molecule has 0 amide bonds. The van der Waals surface area contributed by atoms with Crippen LogP contribution in [0.25, 0.3) is 0 Å². The molecule has 0 aromatic heterocycles. The number of nitrogens with one attached hydrogen (secondary N) is 1. The molecule has 3 heteroatoms. The first-order valence-corrected chi connectivity index (χ1v) is 7.11. The molecule has 0 atom stereocenters. The molecule has 2 aromatic carbocycles. The second kappa shape index (κ2) is 6.95. The molecule has 0 fully saturated rings. The molecule has 0 aliphatic carbocycles. The minimum atomic E-state index is 0.781. The van der Waals surface area contributed by atoms with Crippen LogP contribution in [0.3, 0.4) is 0 Å². The summed E-state index contributed by atoms with van der Waals surface area (Å²) in [6.07, 6.45) is 0.987. The van der Waals surface area contributed by atoms with E-state index in [2.05, 4.69) is 29.6 Å². The standard InChI is InChI=1S/C16H17Cl2N/c1-12-2-5-14(16(18)10-12)11-19-9-8-13-3-6-15(17)7-4-13/h2-7,10,19H,8-9,11H2,1H3. The minimum Gasteiger partial charge on any atom is -0.312 e. The van der Waals surface area contributed by atoms with Crippen LogP contribution in [-0.2, 0) is 13.0 Å². The van der Waals surface area contributed by atoms with E-state index in [1.54, 1.807) is 0 Å². The van der Waals surface area contributed by atoms with Crippen LogP contribution in [0.1, 0.15) is 16.7 Å². The molecule has 0 unspecified atom stereocenters. The number of hydrogen-bond acceptors (Lipinski definition) is 1. The fourth-order valence-electron chi connectivity index (χ4n) is 1.90. The van der Waals surface area contributed by atoms with Crippen LogP contribution < -0.4 is 5.32 Å². The van der Waals surface area contributed by atoms with E-state index in [9.17, 15) is 0 Å². The molecule has 1 nitrogen and oxygen atoms in total. The Hall–Kier alpha value is -1.02. The SMILES string of the molecule is Cc1ccc(CNCCc2ccc(Cl)cc2)c(Cl)c1. The van der Waals surface area contributed by atoms with E-state index in [0.29, 0.717) is 0 Å². The minimum absolute atomic E-state index is 0.781. The molecule has 0 heterocycles.